The predicted molar refractivity (Wildman–Crippen MR) is 72.9 cm³/mol. The highest BCUT2D eigenvalue weighted by Crippen LogP contribution is 2.19. The second-order valence-corrected chi connectivity index (χ2v) is 6.24. The molecule has 0 amide bonds. The molecule has 0 saturated heterocycles. The van der Waals surface area contributed by atoms with Gasteiger partial charge < -0.3 is 5.73 Å². The third-order valence-corrected chi connectivity index (χ3v) is 4.53. The van der Waals surface area contributed by atoms with Crippen molar-refractivity contribution in [1.29, 1.82) is 0 Å². The van der Waals surface area contributed by atoms with E-state index in [2.05, 4.69) is 0 Å². The van der Waals surface area contributed by atoms with Gasteiger partial charge in [-0.25, -0.2) is 8.42 Å². The van der Waals surface area contributed by atoms with Crippen LogP contribution in [0.15, 0.2) is 53.4 Å². The van der Waals surface area contributed by atoms with Crippen LogP contribution in [0.3, 0.4) is 0 Å². The van der Waals surface area contributed by atoms with Gasteiger partial charge in [-0.3, -0.25) is 0 Å². The van der Waals surface area contributed by atoms with E-state index >= 15 is 0 Å². The van der Waals surface area contributed by atoms with Crippen LogP contribution in [0.2, 0.25) is 0 Å². The van der Waals surface area contributed by atoms with Crippen LogP contribution in [0.1, 0.15) is 11.1 Å². The summed E-state index contributed by atoms with van der Waals surface area (Å²) in [7, 11) is -3.31. The SMILES string of the molecule is Cc1ccccc1CS(=O)(=O)c1ccc(N)cc1. The fourth-order valence-electron chi connectivity index (χ4n) is 1.74. The van der Waals surface area contributed by atoms with Gasteiger partial charge in [0.1, 0.15) is 0 Å². The van der Waals surface area contributed by atoms with Crippen molar-refractivity contribution >= 4 is 15.5 Å². The number of rotatable bonds is 3. The second-order valence-electron chi connectivity index (χ2n) is 4.25. The van der Waals surface area contributed by atoms with Crippen molar-refractivity contribution in [2.24, 2.45) is 0 Å². The molecule has 0 spiro atoms. The molecule has 2 aromatic carbocycles. The summed E-state index contributed by atoms with van der Waals surface area (Å²) in [5.41, 5.74) is 7.92. The molecule has 0 radical (unpaired) electrons. The van der Waals surface area contributed by atoms with Gasteiger partial charge in [0.2, 0.25) is 0 Å². The maximum absolute atomic E-state index is 12.2. The minimum absolute atomic E-state index is 0.0175. The Bertz CT molecular complexity index is 646. The predicted octanol–water partition coefficient (Wildman–Crippen LogP) is 2.55. The summed E-state index contributed by atoms with van der Waals surface area (Å²) >= 11 is 0. The van der Waals surface area contributed by atoms with E-state index in [-0.39, 0.29) is 5.75 Å². The molecule has 0 unspecified atom stereocenters. The van der Waals surface area contributed by atoms with E-state index in [1.54, 1.807) is 24.3 Å². The highest BCUT2D eigenvalue weighted by molar-refractivity contribution is 7.90. The lowest BCUT2D eigenvalue weighted by Crippen LogP contribution is -2.06. The first kappa shape index (κ1) is 12.6. The zero-order chi connectivity index (χ0) is 13.2. The van der Waals surface area contributed by atoms with Crippen LogP contribution in [-0.4, -0.2) is 8.42 Å². The Labute approximate surface area is 107 Å². The van der Waals surface area contributed by atoms with Crippen LogP contribution in [-0.2, 0) is 15.6 Å². The van der Waals surface area contributed by atoms with Crippen molar-refractivity contribution in [2.45, 2.75) is 17.6 Å². The topological polar surface area (TPSA) is 60.2 Å². The highest BCUT2D eigenvalue weighted by atomic mass is 32.2. The minimum Gasteiger partial charge on any atom is -0.399 e. The second kappa shape index (κ2) is 4.82. The van der Waals surface area contributed by atoms with Crippen molar-refractivity contribution in [3.05, 3.63) is 59.7 Å². The van der Waals surface area contributed by atoms with E-state index < -0.39 is 9.84 Å². The van der Waals surface area contributed by atoms with Crippen LogP contribution >= 0.6 is 0 Å². The molecule has 0 saturated carbocycles. The molecule has 2 aromatic rings. The summed E-state index contributed by atoms with van der Waals surface area (Å²) in [5, 5.41) is 0. The minimum atomic E-state index is -3.31. The summed E-state index contributed by atoms with van der Waals surface area (Å²) < 4.78 is 24.4. The number of hydrogen-bond acceptors (Lipinski definition) is 3. The number of benzene rings is 2. The Morgan fingerprint density at radius 1 is 1.00 bits per heavy atom. The normalized spacial score (nSPS) is 11.4. The van der Waals surface area contributed by atoms with Crippen molar-refractivity contribution in [3.8, 4) is 0 Å². The molecule has 0 atom stereocenters. The van der Waals surface area contributed by atoms with Gasteiger partial charge >= 0.3 is 0 Å². The van der Waals surface area contributed by atoms with Gasteiger partial charge in [0, 0.05) is 5.69 Å². The summed E-state index contributed by atoms with van der Waals surface area (Å²) in [6.07, 6.45) is 0. The van der Waals surface area contributed by atoms with E-state index in [1.807, 2.05) is 31.2 Å². The number of hydrogen-bond donors (Lipinski definition) is 1. The van der Waals surface area contributed by atoms with Crippen LogP contribution in [0, 0.1) is 6.92 Å². The molecule has 0 bridgehead atoms. The number of aryl methyl sites for hydroxylation is 1. The van der Waals surface area contributed by atoms with E-state index in [1.165, 1.54) is 0 Å². The summed E-state index contributed by atoms with van der Waals surface area (Å²) in [5.74, 6) is 0.0175. The third-order valence-electron chi connectivity index (χ3n) is 2.85. The summed E-state index contributed by atoms with van der Waals surface area (Å²) in [6.45, 7) is 1.91. The first-order chi connectivity index (χ1) is 8.49. The van der Waals surface area contributed by atoms with Crippen LogP contribution < -0.4 is 5.73 Å². The van der Waals surface area contributed by atoms with Gasteiger partial charge in [-0.05, 0) is 42.3 Å². The molecule has 0 aromatic heterocycles. The zero-order valence-corrected chi connectivity index (χ0v) is 10.9. The molecule has 0 fully saturated rings. The summed E-state index contributed by atoms with van der Waals surface area (Å²) in [4.78, 5) is 0.306. The molecule has 3 nitrogen and oxygen atoms in total. The van der Waals surface area contributed by atoms with Gasteiger partial charge in [-0.15, -0.1) is 0 Å². The molecular formula is C14H15NO2S. The Balaban J connectivity index is 2.33. The molecule has 2 N–H and O–H groups in total. The van der Waals surface area contributed by atoms with Gasteiger partial charge in [-0.2, -0.15) is 0 Å². The number of nitrogens with two attached hydrogens (primary N) is 1. The Kier molecular flexibility index (Phi) is 3.39. The average molecular weight is 261 g/mol. The molecular weight excluding hydrogens is 246 g/mol. The highest BCUT2D eigenvalue weighted by Gasteiger charge is 2.15. The van der Waals surface area contributed by atoms with Crippen LogP contribution in [0.4, 0.5) is 5.69 Å². The maximum Gasteiger partial charge on any atom is 0.182 e. The number of sulfone groups is 1. The number of nitrogen functional groups attached to an aromatic ring is 1. The third kappa shape index (κ3) is 2.71. The maximum atomic E-state index is 12.2. The molecule has 18 heavy (non-hydrogen) atoms. The Hall–Kier alpha value is -1.81. The molecule has 0 aliphatic carbocycles. The fourth-order valence-corrected chi connectivity index (χ4v) is 3.19. The van der Waals surface area contributed by atoms with E-state index in [0.717, 1.165) is 11.1 Å². The lowest BCUT2D eigenvalue weighted by atomic mass is 10.1. The first-order valence-corrected chi connectivity index (χ1v) is 7.27. The monoisotopic (exact) mass is 261 g/mol. The van der Waals surface area contributed by atoms with Gasteiger partial charge in [0.15, 0.2) is 9.84 Å². The molecule has 94 valence electrons. The van der Waals surface area contributed by atoms with E-state index in [9.17, 15) is 8.42 Å². The largest absolute Gasteiger partial charge is 0.399 e. The van der Waals surface area contributed by atoms with Crippen LogP contribution in [0.5, 0.6) is 0 Å². The van der Waals surface area contributed by atoms with Crippen molar-refractivity contribution in [1.82, 2.24) is 0 Å². The van der Waals surface area contributed by atoms with Gasteiger partial charge in [-0.1, -0.05) is 24.3 Å². The lowest BCUT2D eigenvalue weighted by molar-refractivity contribution is 0.595. The van der Waals surface area contributed by atoms with Crippen molar-refractivity contribution < 1.29 is 8.42 Å². The van der Waals surface area contributed by atoms with Gasteiger partial charge in [0.25, 0.3) is 0 Å². The smallest absolute Gasteiger partial charge is 0.182 e. The van der Waals surface area contributed by atoms with E-state index in [4.69, 9.17) is 5.73 Å². The lowest BCUT2D eigenvalue weighted by Gasteiger charge is -2.07. The van der Waals surface area contributed by atoms with Crippen LogP contribution in [0.25, 0.3) is 0 Å². The number of anilines is 1. The van der Waals surface area contributed by atoms with Crippen molar-refractivity contribution in [2.75, 3.05) is 5.73 Å². The molecule has 0 heterocycles. The molecule has 4 heteroatoms. The molecule has 2 rings (SSSR count). The van der Waals surface area contributed by atoms with Crippen molar-refractivity contribution in [3.63, 3.8) is 0 Å². The van der Waals surface area contributed by atoms with Gasteiger partial charge in [0.05, 0.1) is 10.6 Å². The Morgan fingerprint density at radius 3 is 2.22 bits per heavy atom. The quantitative estimate of drug-likeness (QED) is 0.864. The average Bonchev–Trinajstić information content (AvgIpc) is 2.32. The van der Waals surface area contributed by atoms with E-state index in [0.29, 0.717) is 10.6 Å². The molecule has 0 aliphatic rings. The molecule has 0 aliphatic heterocycles. The summed E-state index contributed by atoms with van der Waals surface area (Å²) in [6, 6.07) is 13.8. The zero-order valence-electron chi connectivity index (χ0n) is 10.1. The first-order valence-electron chi connectivity index (χ1n) is 5.62. The fraction of sp³-hybridized carbons (Fsp3) is 0.143. The standard InChI is InChI=1S/C14H15NO2S/c1-11-4-2-3-5-12(11)10-18(16,17)14-8-6-13(15)7-9-14/h2-9H,10,15H2,1H3. The Morgan fingerprint density at radius 2 is 1.61 bits per heavy atom.